The molecular formula is C12H17NOS. The van der Waals surface area contributed by atoms with E-state index in [1.165, 1.54) is 5.56 Å². The van der Waals surface area contributed by atoms with E-state index < -0.39 is 10.8 Å². The third-order valence-corrected chi connectivity index (χ3v) is 4.21. The molecule has 1 aromatic rings. The van der Waals surface area contributed by atoms with Crippen molar-refractivity contribution in [3.05, 3.63) is 35.9 Å². The second-order valence-electron chi connectivity index (χ2n) is 4.13. The Labute approximate surface area is 93.5 Å². The Balaban J connectivity index is 2.16. The average molecular weight is 223 g/mol. The van der Waals surface area contributed by atoms with Gasteiger partial charge in [0.25, 0.3) is 0 Å². The van der Waals surface area contributed by atoms with E-state index >= 15 is 0 Å². The van der Waals surface area contributed by atoms with E-state index in [0.717, 1.165) is 17.9 Å². The van der Waals surface area contributed by atoms with E-state index in [1.54, 1.807) is 0 Å². The monoisotopic (exact) mass is 223 g/mol. The summed E-state index contributed by atoms with van der Waals surface area (Å²) in [6.45, 7) is 2.17. The van der Waals surface area contributed by atoms with Crippen LogP contribution in [0.4, 0.5) is 0 Å². The van der Waals surface area contributed by atoms with Gasteiger partial charge in [-0.3, -0.25) is 4.21 Å². The van der Waals surface area contributed by atoms with Crippen LogP contribution in [0.2, 0.25) is 0 Å². The summed E-state index contributed by atoms with van der Waals surface area (Å²) in [5.74, 6) is 1.58. The van der Waals surface area contributed by atoms with Crippen LogP contribution in [-0.4, -0.2) is 21.8 Å². The summed E-state index contributed by atoms with van der Waals surface area (Å²) in [6, 6.07) is 11.0. The van der Waals surface area contributed by atoms with Crippen LogP contribution >= 0.6 is 0 Å². The lowest BCUT2D eigenvalue weighted by atomic mass is 10.1. The summed E-state index contributed by atoms with van der Waals surface area (Å²) >= 11 is 0. The second-order valence-corrected chi connectivity index (χ2v) is 5.75. The van der Waals surface area contributed by atoms with Gasteiger partial charge in [0.05, 0.1) is 0 Å². The van der Waals surface area contributed by atoms with E-state index in [2.05, 4.69) is 24.4 Å². The Morgan fingerprint density at radius 2 is 2.07 bits per heavy atom. The van der Waals surface area contributed by atoms with Crippen molar-refractivity contribution in [2.45, 2.75) is 25.4 Å². The molecule has 3 atom stereocenters. The highest BCUT2D eigenvalue weighted by atomic mass is 32.2. The lowest BCUT2D eigenvalue weighted by Gasteiger charge is -2.19. The molecular weight excluding hydrogens is 206 g/mol. The van der Waals surface area contributed by atoms with Gasteiger partial charge in [-0.05, 0) is 18.9 Å². The Bertz CT molecular complexity index is 339. The van der Waals surface area contributed by atoms with Crippen LogP contribution in [0.25, 0.3) is 0 Å². The van der Waals surface area contributed by atoms with Crippen LogP contribution in [0, 0.1) is 0 Å². The summed E-state index contributed by atoms with van der Waals surface area (Å²) in [6.07, 6.45) is 1.01. The van der Waals surface area contributed by atoms with E-state index in [1.807, 2.05) is 18.2 Å². The minimum atomic E-state index is -0.671. The quantitative estimate of drug-likeness (QED) is 0.787. The highest BCUT2D eigenvalue weighted by Crippen LogP contribution is 2.18. The van der Waals surface area contributed by atoms with E-state index in [-0.39, 0.29) is 6.04 Å². The van der Waals surface area contributed by atoms with Gasteiger partial charge in [-0.25, -0.2) is 0 Å². The molecule has 15 heavy (non-hydrogen) atoms. The molecule has 3 unspecified atom stereocenters. The van der Waals surface area contributed by atoms with Crippen molar-refractivity contribution in [1.82, 2.24) is 5.32 Å². The molecule has 0 bridgehead atoms. The minimum absolute atomic E-state index is 0.254. The zero-order valence-electron chi connectivity index (χ0n) is 8.98. The standard InChI is InChI=1S/C12H17NOS/c1-10-7-8-15(14)9-12(13-10)11-5-3-2-4-6-11/h2-6,10,12-13H,7-9H2,1H3. The van der Waals surface area contributed by atoms with Gasteiger partial charge in [0.15, 0.2) is 0 Å². The molecule has 2 nitrogen and oxygen atoms in total. The number of hydrogen-bond donors (Lipinski definition) is 1. The zero-order chi connectivity index (χ0) is 10.7. The van der Waals surface area contributed by atoms with Gasteiger partial charge >= 0.3 is 0 Å². The molecule has 1 fully saturated rings. The van der Waals surface area contributed by atoms with Crippen LogP contribution in [0.3, 0.4) is 0 Å². The maximum atomic E-state index is 11.7. The molecule has 1 aliphatic heterocycles. The summed E-state index contributed by atoms with van der Waals surface area (Å²) in [4.78, 5) is 0. The number of rotatable bonds is 1. The Hall–Kier alpha value is -0.670. The fraction of sp³-hybridized carbons (Fsp3) is 0.500. The third-order valence-electron chi connectivity index (χ3n) is 2.82. The smallest absolute Gasteiger partial charge is 0.0438 e. The minimum Gasteiger partial charge on any atom is -0.307 e. The van der Waals surface area contributed by atoms with Crippen LogP contribution in [-0.2, 0) is 10.8 Å². The molecule has 1 heterocycles. The Morgan fingerprint density at radius 3 is 2.80 bits per heavy atom. The average Bonchev–Trinajstić information content (AvgIpc) is 2.42. The van der Waals surface area contributed by atoms with Crippen molar-refractivity contribution in [3.63, 3.8) is 0 Å². The van der Waals surface area contributed by atoms with Crippen molar-refractivity contribution in [2.75, 3.05) is 11.5 Å². The molecule has 2 rings (SSSR count). The largest absolute Gasteiger partial charge is 0.307 e. The molecule has 1 aliphatic rings. The summed E-state index contributed by atoms with van der Waals surface area (Å²) in [7, 11) is -0.671. The lowest BCUT2D eigenvalue weighted by Crippen LogP contribution is -2.30. The summed E-state index contributed by atoms with van der Waals surface area (Å²) in [5, 5.41) is 3.53. The first-order valence-corrected chi connectivity index (χ1v) is 6.90. The SMILES string of the molecule is CC1CCS(=O)CC(c2ccccc2)N1. The predicted octanol–water partition coefficient (Wildman–Crippen LogP) is 1.86. The van der Waals surface area contributed by atoms with Crippen LogP contribution in [0.15, 0.2) is 30.3 Å². The molecule has 0 aliphatic carbocycles. The third kappa shape index (κ3) is 2.89. The fourth-order valence-electron chi connectivity index (χ4n) is 1.93. The molecule has 0 aromatic heterocycles. The van der Waals surface area contributed by atoms with Crippen molar-refractivity contribution >= 4 is 10.8 Å². The van der Waals surface area contributed by atoms with Gasteiger partial charge in [0.2, 0.25) is 0 Å². The van der Waals surface area contributed by atoms with Crippen molar-refractivity contribution in [3.8, 4) is 0 Å². The van der Waals surface area contributed by atoms with E-state index in [0.29, 0.717) is 6.04 Å². The topological polar surface area (TPSA) is 29.1 Å². The molecule has 3 heteroatoms. The first-order valence-electron chi connectivity index (χ1n) is 5.41. The van der Waals surface area contributed by atoms with Crippen LogP contribution in [0.5, 0.6) is 0 Å². The summed E-state index contributed by atoms with van der Waals surface area (Å²) < 4.78 is 11.7. The first-order chi connectivity index (χ1) is 7.25. The van der Waals surface area contributed by atoms with Gasteiger partial charge in [0.1, 0.15) is 0 Å². The normalized spacial score (nSPS) is 32.2. The van der Waals surface area contributed by atoms with E-state index in [9.17, 15) is 4.21 Å². The van der Waals surface area contributed by atoms with Gasteiger partial charge in [-0.15, -0.1) is 0 Å². The number of hydrogen-bond acceptors (Lipinski definition) is 2. The predicted molar refractivity (Wildman–Crippen MR) is 64.3 cm³/mol. The second kappa shape index (κ2) is 4.90. The van der Waals surface area contributed by atoms with E-state index in [4.69, 9.17) is 0 Å². The van der Waals surface area contributed by atoms with Crippen LogP contribution in [0.1, 0.15) is 24.9 Å². The van der Waals surface area contributed by atoms with Gasteiger partial charge in [0, 0.05) is 34.4 Å². The fourth-order valence-corrected chi connectivity index (χ4v) is 3.37. The first kappa shape index (κ1) is 10.8. The van der Waals surface area contributed by atoms with Gasteiger partial charge < -0.3 is 5.32 Å². The molecule has 1 saturated heterocycles. The van der Waals surface area contributed by atoms with Gasteiger partial charge in [-0.2, -0.15) is 0 Å². The molecule has 0 saturated carbocycles. The Kier molecular flexibility index (Phi) is 3.54. The molecule has 0 spiro atoms. The lowest BCUT2D eigenvalue weighted by molar-refractivity contribution is 0.484. The Morgan fingerprint density at radius 1 is 1.33 bits per heavy atom. The molecule has 1 N–H and O–H groups in total. The van der Waals surface area contributed by atoms with Crippen molar-refractivity contribution in [1.29, 1.82) is 0 Å². The van der Waals surface area contributed by atoms with Crippen molar-refractivity contribution < 1.29 is 4.21 Å². The molecule has 1 aromatic carbocycles. The zero-order valence-corrected chi connectivity index (χ0v) is 9.80. The molecule has 0 amide bonds. The number of nitrogens with one attached hydrogen (secondary N) is 1. The highest BCUT2D eigenvalue weighted by molar-refractivity contribution is 7.85. The van der Waals surface area contributed by atoms with Crippen molar-refractivity contribution in [2.24, 2.45) is 0 Å². The van der Waals surface area contributed by atoms with Gasteiger partial charge in [-0.1, -0.05) is 30.3 Å². The highest BCUT2D eigenvalue weighted by Gasteiger charge is 2.21. The molecule has 0 radical (unpaired) electrons. The molecule has 82 valence electrons. The summed E-state index contributed by atoms with van der Waals surface area (Å²) in [5.41, 5.74) is 1.25. The maximum absolute atomic E-state index is 11.7. The maximum Gasteiger partial charge on any atom is 0.0438 e. The van der Waals surface area contributed by atoms with Crippen LogP contribution < -0.4 is 5.32 Å². The number of benzene rings is 1.